The molecule has 146 valence electrons. The smallest absolute Gasteiger partial charge is 0.408 e. The van der Waals surface area contributed by atoms with Crippen LogP contribution in [0.3, 0.4) is 0 Å². The highest BCUT2D eigenvalue weighted by Gasteiger charge is 2.32. The normalized spacial score (nSPS) is 14.3. The van der Waals surface area contributed by atoms with Crippen LogP contribution in [0.4, 0.5) is 4.79 Å². The fourth-order valence-corrected chi connectivity index (χ4v) is 2.83. The average Bonchev–Trinajstić information content (AvgIpc) is 2.49. The molecule has 2 N–H and O–H groups in total. The molecule has 0 aliphatic carbocycles. The fourth-order valence-electron chi connectivity index (χ4n) is 2.12. The molecule has 0 bridgehead atoms. The minimum atomic E-state index is -1.52. The number of ether oxygens (including phenoxy) is 2. The molecule has 26 heavy (non-hydrogen) atoms. The summed E-state index contributed by atoms with van der Waals surface area (Å²) in [6, 6.07) is 8.64. The first-order valence-corrected chi connectivity index (χ1v) is 12.5. The lowest BCUT2D eigenvalue weighted by Gasteiger charge is -2.26. The first kappa shape index (κ1) is 22.2. The lowest BCUT2D eigenvalue weighted by atomic mass is 10.0. The minimum Gasteiger partial charge on any atom is -0.464 e. The van der Waals surface area contributed by atoms with Crippen LogP contribution in [-0.2, 0) is 14.3 Å². The molecule has 2 atom stereocenters. The highest BCUT2D eigenvalue weighted by Crippen LogP contribution is 2.20. The van der Waals surface area contributed by atoms with Crippen molar-refractivity contribution >= 4 is 20.1 Å². The molecule has 1 aromatic carbocycles. The van der Waals surface area contributed by atoms with Crippen molar-refractivity contribution < 1.29 is 24.2 Å². The molecule has 0 heterocycles. The largest absolute Gasteiger partial charge is 0.464 e. The Morgan fingerprint density at radius 1 is 1.15 bits per heavy atom. The third kappa shape index (κ3) is 8.49. The van der Waals surface area contributed by atoms with E-state index < -0.39 is 37.9 Å². The number of alkyl carbamates (subject to hydrolysis) is 1. The van der Waals surface area contributed by atoms with E-state index in [1.54, 1.807) is 45.0 Å². The number of nitrogens with one attached hydrogen (secondary N) is 1. The summed E-state index contributed by atoms with van der Waals surface area (Å²) < 4.78 is 10.5. The van der Waals surface area contributed by atoms with Crippen LogP contribution in [0, 0.1) is 0 Å². The van der Waals surface area contributed by atoms with Gasteiger partial charge in [0.05, 0.1) is 12.6 Å². The maximum absolute atomic E-state index is 12.3. The summed E-state index contributed by atoms with van der Waals surface area (Å²) in [5, 5.41) is 13.0. The van der Waals surface area contributed by atoms with Crippen molar-refractivity contribution in [2.24, 2.45) is 0 Å². The summed E-state index contributed by atoms with van der Waals surface area (Å²) in [5.74, 6) is -0.756. The molecule has 7 heteroatoms. The molecule has 0 aromatic heterocycles. The van der Waals surface area contributed by atoms with Gasteiger partial charge in [-0.05, 0) is 32.4 Å². The molecule has 0 saturated carbocycles. The SMILES string of the molecule is CC(C)(C)OC(=O)N[C@@H](c1ccccc1)[C@@H](O)C(=O)OCC[Si](C)(C)C. The third-order valence-corrected chi connectivity index (χ3v) is 5.19. The minimum absolute atomic E-state index is 0.263. The van der Waals surface area contributed by atoms with Crippen LogP contribution in [0.1, 0.15) is 32.4 Å². The Balaban J connectivity index is 2.84. The molecule has 0 aliphatic heterocycles. The van der Waals surface area contributed by atoms with Gasteiger partial charge in [-0.25, -0.2) is 9.59 Å². The Kier molecular flexibility index (Phi) is 7.83. The van der Waals surface area contributed by atoms with E-state index >= 15 is 0 Å². The number of carbonyl (C=O) groups is 2. The third-order valence-electron chi connectivity index (χ3n) is 3.48. The molecule has 1 rings (SSSR count). The van der Waals surface area contributed by atoms with Gasteiger partial charge in [-0.2, -0.15) is 0 Å². The van der Waals surface area contributed by atoms with Gasteiger partial charge in [0.25, 0.3) is 0 Å². The van der Waals surface area contributed by atoms with Gasteiger partial charge in [-0.1, -0.05) is 50.0 Å². The van der Waals surface area contributed by atoms with Crippen LogP contribution in [0.2, 0.25) is 25.7 Å². The van der Waals surface area contributed by atoms with Crippen LogP contribution in [-0.4, -0.2) is 43.6 Å². The van der Waals surface area contributed by atoms with Gasteiger partial charge >= 0.3 is 12.1 Å². The molecule has 0 unspecified atom stereocenters. The lowest BCUT2D eigenvalue weighted by molar-refractivity contribution is -0.154. The summed E-state index contributed by atoms with van der Waals surface area (Å²) in [6.07, 6.45) is -2.23. The van der Waals surface area contributed by atoms with E-state index in [4.69, 9.17) is 9.47 Å². The molecule has 0 aliphatic rings. The lowest BCUT2D eigenvalue weighted by Crippen LogP contribution is -2.43. The zero-order valence-electron chi connectivity index (χ0n) is 16.5. The molecular formula is C19H31NO5Si. The number of hydrogen-bond acceptors (Lipinski definition) is 5. The van der Waals surface area contributed by atoms with E-state index in [1.165, 1.54) is 0 Å². The number of hydrogen-bond donors (Lipinski definition) is 2. The van der Waals surface area contributed by atoms with Crippen molar-refractivity contribution in [1.82, 2.24) is 5.32 Å². The first-order chi connectivity index (χ1) is 11.9. The zero-order valence-corrected chi connectivity index (χ0v) is 17.5. The highest BCUT2D eigenvalue weighted by molar-refractivity contribution is 6.76. The second kappa shape index (κ2) is 9.18. The first-order valence-electron chi connectivity index (χ1n) is 8.78. The van der Waals surface area contributed by atoms with Gasteiger partial charge in [0.15, 0.2) is 6.10 Å². The molecule has 6 nitrogen and oxygen atoms in total. The number of carbonyl (C=O) groups excluding carboxylic acids is 2. The molecule has 1 aromatic rings. The van der Waals surface area contributed by atoms with Crippen molar-refractivity contribution in [3.63, 3.8) is 0 Å². The van der Waals surface area contributed by atoms with E-state index in [1.807, 2.05) is 6.07 Å². The zero-order chi connectivity index (χ0) is 20.0. The number of benzene rings is 1. The van der Waals surface area contributed by atoms with E-state index in [9.17, 15) is 14.7 Å². The number of amides is 1. The van der Waals surface area contributed by atoms with Gasteiger partial charge in [0.1, 0.15) is 5.60 Å². The van der Waals surface area contributed by atoms with Crippen LogP contribution < -0.4 is 5.32 Å². The summed E-state index contributed by atoms with van der Waals surface area (Å²) >= 11 is 0. The van der Waals surface area contributed by atoms with E-state index in [0.717, 1.165) is 6.04 Å². The van der Waals surface area contributed by atoms with Gasteiger partial charge in [0.2, 0.25) is 0 Å². The van der Waals surface area contributed by atoms with Gasteiger partial charge in [-0.3, -0.25) is 0 Å². The number of aliphatic hydroxyl groups excluding tert-OH is 1. The van der Waals surface area contributed by atoms with E-state index in [2.05, 4.69) is 25.0 Å². The Labute approximate surface area is 156 Å². The number of esters is 1. The van der Waals surface area contributed by atoms with Gasteiger partial charge < -0.3 is 19.9 Å². The maximum atomic E-state index is 12.3. The summed E-state index contributed by atoms with van der Waals surface area (Å²) in [7, 11) is -1.35. The second-order valence-electron chi connectivity index (χ2n) is 8.46. The molecule has 1 amide bonds. The molecule has 0 radical (unpaired) electrons. The Morgan fingerprint density at radius 3 is 2.23 bits per heavy atom. The summed E-state index contributed by atoms with van der Waals surface area (Å²) in [5.41, 5.74) is -0.0956. The van der Waals surface area contributed by atoms with Crippen molar-refractivity contribution in [3.8, 4) is 0 Å². The van der Waals surface area contributed by atoms with Crippen molar-refractivity contribution in [1.29, 1.82) is 0 Å². The molecule has 0 fully saturated rings. The molecule has 0 saturated heterocycles. The summed E-state index contributed by atoms with van der Waals surface area (Å²) in [4.78, 5) is 24.4. The molecule has 0 spiro atoms. The maximum Gasteiger partial charge on any atom is 0.408 e. The fraction of sp³-hybridized carbons (Fsp3) is 0.579. The number of aliphatic hydroxyl groups is 1. The number of rotatable bonds is 7. The highest BCUT2D eigenvalue weighted by atomic mass is 28.3. The Morgan fingerprint density at radius 2 is 1.73 bits per heavy atom. The van der Waals surface area contributed by atoms with Crippen molar-refractivity contribution in [3.05, 3.63) is 35.9 Å². The van der Waals surface area contributed by atoms with Crippen LogP contribution >= 0.6 is 0 Å². The summed E-state index contributed by atoms with van der Waals surface area (Å²) in [6.45, 7) is 12.0. The standard InChI is InChI=1S/C19H31NO5Si/c1-19(2,3)25-18(23)20-15(14-10-8-7-9-11-14)16(21)17(22)24-12-13-26(4,5)6/h7-11,15-16,21H,12-13H2,1-6H3,(H,20,23)/t15-,16+/m0/s1. The second-order valence-corrected chi connectivity index (χ2v) is 14.1. The monoisotopic (exact) mass is 381 g/mol. The van der Waals surface area contributed by atoms with E-state index in [0.29, 0.717) is 5.56 Å². The topological polar surface area (TPSA) is 84.9 Å². The Hall–Kier alpha value is -1.86. The predicted molar refractivity (Wildman–Crippen MR) is 104 cm³/mol. The van der Waals surface area contributed by atoms with Gasteiger partial charge in [-0.15, -0.1) is 0 Å². The molecular weight excluding hydrogens is 350 g/mol. The van der Waals surface area contributed by atoms with Crippen LogP contribution in [0.5, 0.6) is 0 Å². The Bertz CT molecular complexity index is 592. The van der Waals surface area contributed by atoms with Crippen molar-refractivity contribution in [2.75, 3.05) is 6.61 Å². The predicted octanol–water partition coefficient (Wildman–Crippen LogP) is 3.49. The average molecular weight is 382 g/mol. The quantitative estimate of drug-likeness (QED) is 0.558. The van der Waals surface area contributed by atoms with Gasteiger partial charge in [0, 0.05) is 8.07 Å². The van der Waals surface area contributed by atoms with E-state index in [-0.39, 0.29) is 6.61 Å². The van der Waals surface area contributed by atoms with Crippen LogP contribution in [0.15, 0.2) is 30.3 Å². The van der Waals surface area contributed by atoms with Crippen molar-refractivity contribution in [2.45, 2.75) is 64.2 Å². The van der Waals surface area contributed by atoms with Crippen LogP contribution in [0.25, 0.3) is 0 Å².